The Hall–Kier alpha value is -4.19. The molecule has 1 heterocycles. The fourth-order valence-electron chi connectivity index (χ4n) is 3.56. The molecule has 3 aromatic rings. The highest BCUT2D eigenvalue weighted by Gasteiger charge is 2.23. The first-order chi connectivity index (χ1) is 16.5. The van der Waals surface area contributed by atoms with Crippen LogP contribution in [0.1, 0.15) is 11.3 Å². The minimum absolute atomic E-state index is 0.173. The molecule has 184 valence electrons. The zero-order valence-electron chi connectivity index (χ0n) is 18.9. The first kappa shape index (κ1) is 25.4. The van der Waals surface area contributed by atoms with Crippen LogP contribution in [0.4, 0.5) is 0 Å². The van der Waals surface area contributed by atoms with Gasteiger partial charge in [0.25, 0.3) is 5.09 Å². The summed E-state index contributed by atoms with van der Waals surface area (Å²) < 4.78 is 25.6. The molecule has 0 spiro atoms. The van der Waals surface area contributed by atoms with Crippen molar-refractivity contribution in [2.45, 2.75) is 24.3 Å². The molecule has 0 unspecified atom stereocenters. The van der Waals surface area contributed by atoms with E-state index in [4.69, 9.17) is 0 Å². The normalized spacial score (nSPS) is 12.1. The second kappa shape index (κ2) is 10.4. The molecule has 0 aliphatic carbocycles. The van der Waals surface area contributed by atoms with Gasteiger partial charge in [0.05, 0.1) is 17.0 Å². The van der Waals surface area contributed by atoms with Gasteiger partial charge < -0.3 is 19.8 Å². The Morgan fingerprint density at radius 3 is 2.31 bits per heavy atom. The average Bonchev–Trinajstić information content (AvgIpc) is 3.12. The Morgan fingerprint density at radius 2 is 1.77 bits per heavy atom. The average molecular weight is 502 g/mol. The highest BCUT2D eigenvalue weighted by Crippen LogP contribution is 2.30. The molecular weight excluding hydrogens is 478 g/mol. The van der Waals surface area contributed by atoms with Gasteiger partial charge in [-0.3, -0.25) is 4.79 Å². The van der Waals surface area contributed by atoms with Crippen molar-refractivity contribution in [3.05, 3.63) is 82.0 Å². The number of benzene rings is 2. The van der Waals surface area contributed by atoms with Crippen LogP contribution in [0.25, 0.3) is 16.9 Å². The Balaban J connectivity index is 1.96. The minimum Gasteiger partial charge on any atom is -0.480 e. The Morgan fingerprint density at radius 1 is 1.14 bits per heavy atom. The molecule has 1 amide bonds. The topological polar surface area (TPSA) is 158 Å². The van der Waals surface area contributed by atoms with Gasteiger partial charge >= 0.3 is 5.97 Å². The van der Waals surface area contributed by atoms with Crippen LogP contribution >= 0.6 is 0 Å². The van der Waals surface area contributed by atoms with Crippen molar-refractivity contribution in [1.29, 1.82) is 0 Å². The molecule has 1 aromatic heterocycles. The molecular formula is C23H23N3O8S. The Kier molecular flexibility index (Phi) is 7.55. The maximum absolute atomic E-state index is 12.6. The highest BCUT2D eigenvalue weighted by molar-refractivity contribution is 7.90. The number of carbonyl (C=O) groups is 2. The molecule has 2 N–H and O–H groups in total. The molecule has 1 atom stereocenters. The third kappa shape index (κ3) is 6.23. The summed E-state index contributed by atoms with van der Waals surface area (Å²) in [6.45, 7) is 0.977. The maximum Gasteiger partial charge on any atom is 0.328 e. The van der Waals surface area contributed by atoms with Gasteiger partial charge in [0.1, 0.15) is 6.61 Å². The molecule has 0 aliphatic heterocycles. The first-order valence-corrected chi connectivity index (χ1v) is 12.2. The standard InChI is InChI=1S/C23H23N3O8S/c1-15-17(13-22(27)24-20(23(28)29)14-34-26(30)31)12-21(25(15)18-6-4-3-5-7-18)16-8-10-19(11-9-16)35(2,32)33/h3-12,20H,13-14H2,1-2H3,(H,24,27)(H,28,29)/t20-/m1/s1. The second-order valence-electron chi connectivity index (χ2n) is 7.76. The van der Waals surface area contributed by atoms with E-state index in [1.54, 1.807) is 25.1 Å². The lowest BCUT2D eigenvalue weighted by Crippen LogP contribution is -2.45. The van der Waals surface area contributed by atoms with E-state index in [1.165, 1.54) is 12.1 Å². The van der Waals surface area contributed by atoms with Crippen molar-refractivity contribution in [1.82, 2.24) is 9.88 Å². The molecule has 3 rings (SSSR count). The van der Waals surface area contributed by atoms with Crippen molar-refractivity contribution in [2.24, 2.45) is 0 Å². The third-order valence-electron chi connectivity index (χ3n) is 5.28. The number of rotatable bonds is 10. The lowest BCUT2D eigenvalue weighted by Gasteiger charge is -2.14. The van der Waals surface area contributed by atoms with Crippen LogP contribution < -0.4 is 5.32 Å². The fourth-order valence-corrected chi connectivity index (χ4v) is 4.19. The van der Waals surface area contributed by atoms with Gasteiger partial charge in [-0.2, -0.15) is 0 Å². The summed E-state index contributed by atoms with van der Waals surface area (Å²) in [4.78, 5) is 38.6. The molecule has 0 radical (unpaired) electrons. The van der Waals surface area contributed by atoms with Gasteiger partial charge in [-0.25, -0.2) is 13.2 Å². The summed E-state index contributed by atoms with van der Waals surface area (Å²) in [6, 6.07) is 15.8. The summed E-state index contributed by atoms with van der Waals surface area (Å²) in [7, 11) is -3.37. The van der Waals surface area contributed by atoms with Gasteiger partial charge in [-0.05, 0) is 48.4 Å². The van der Waals surface area contributed by atoms with Gasteiger partial charge in [-0.15, -0.1) is 10.1 Å². The van der Waals surface area contributed by atoms with E-state index in [0.717, 1.165) is 11.9 Å². The summed E-state index contributed by atoms with van der Waals surface area (Å²) in [5, 5.41) is 20.7. The predicted octanol–water partition coefficient (Wildman–Crippen LogP) is 2.18. The second-order valence-corrected chi connectivity index (χ2v) is 9.78. The molecule has 11 nitrogen and oxygen atoms in total. The molecule has 0 aliphatic rings. The van der Waals surface area contributed by atoms with E-state index < -0.39 is 39.4 Å². The number of sulfone groups is 1. The predicted molar refractivity (Wildman–Crippen MR) is 125 cm³/mol. The van der Waals surface area contributed by atoms with Gasteiger partial charge in [0.2, 0.25) is 5.91 Å². The quantitative estimate of drug-likeness (QED) is 0.316. The molecule has 12 heteroatoms. The number of carboxylic acids is 1. The fraction of sp³-hybridized carbons (Fsp3) is 0.217. The van der Waals surface area contributed by atoms with E-state index in [2.05, 4.69) is 10.2 Å². The third-order valence-corrected chi connectivity index (χ3v) is 6.40. The van der Waals surface area contributed by atoms with Crippen molar-refractivity contribution >= 4 is 21.7 Å². The highest BCUT2D eigenvalue weighted by atomic mass is 32.2. The molecule has 0 saturated carbocycles. The number of hydrogen-bond acceptors (Lipinski definition) is 7. The smallest absolute Gasteiger partial charge is 0.328 e. The Bertz CT molecular complexity index is 1350. The van der Waals surface area contributed by atoms with Crippen LogP contribution in [0.15, 0.2) is 65.6 Å². The van der Waals surface area contributed by atoms with Gasteiger partial charge in [0.15, 0.2) is 15.9 Å². The van der Waals surface area contributed by atoms with Gasteiger partial charge in [0, 0.05) is 17.6 Å². The number of nitrogens with one attached hydrogen (secondary N) is 1. The van der Waals surface area contributed by atoms with Gasteiger partial charge in [-0.1, -0.05) is 30.3 Å². The SMILES string of the molecule is Cc1c(CC(=O)N[C@H](CO[N+](=O)[O-])C(=O)O)cc(-c2ccc(S(C)(=O)=O)cc2)n1-c1ccccc1. The summed E-state index contributed by atoms with van der Waals surface area (Å²) in [5.74, 6) is -2.12. The van der Waals surface area contributed by atoms with Crippen LogP contribution in [0.3, 0.4) is 0 Å². The van der Waals surface area contributed by atoms with E-state index in [0.29, 0.717) is 22.5 Å². The van der Waals surface area contributed by atoms with Crippen LogP contribution in [0.5, 0.6) is 0 Å². The van der Waals surface area contributed by atoms with E-state index in [9.17, 15) is 33.2 Å². The molecule has 0 bridgehead atoms. The Labute approximate surface area is 201 Å². The number of aromatic nitrogens is 1. The molecule has 0 saturated heterocycles. The monoisotopic (exact) mass is 501 g/mol. The van der Waals surface area contributed by atoms with Crippen LogP contribution in [0, 0.1) is 17.0 Å². The number of carbonyl (C=O) groups excluding carboxylic acids is 1. The molecule has 0 fully saturated rings. The van der Waals surface area contributed by atoms with E-state index >= 15 is 0 Å². The van der Waals surface area contributed by atoms with Crippen molar-refractivity contribution < 1.29 is 33.0 Å². The van der Waals surface area contributed by atoms with Crippen LogP contribution in [-0.2, 0) is 30.7 Å². The lowest BCUT2D eigenvalue weighted by molar-refractivity contribution is -0.757. The van der Waals surface area contributed by atoms with Crippen molar-refractivity contribution in [3.63, 3.8) is 0 Å². The van der Waals surface area contributed by atoms with E-state index in [-0.39, 0.29) is 11.3 Å². The van der Waals surface area contributed by atoms with Crippen molar-refractivity contribution in [2.75, 3.05) is 12.9 Å². The van der Waals surface area contributed by atoms with Crippen LogP contribution in [0.2, 0.25) is 0 Å². The number of nitrogens with zero attached hydrogens (tertiary/aromatic N) is 2. The summed E-state index contributed by atoms with van der Waals surface area (Å²) >= 11 is 0. The largest absolute Gasteiger partial charge is 0.480 e. The zero-order valence-corrected chi connectivity index (χ0v) is 19.7. The number of para-hydroxylation sites is 1. The zero-order chi connectivity index (χ0) is 25.8. The number of carboxylic acid groups (broad SMARTS) is 1. The lowest BCUT2D eigenvalue weighted by atomic mass is 10.1. The number of aliphatic carboxylic acids is 1. The van der Waals surface area contributed by atoms with E-state index in [1.807, 2.05) is 34.9 Å². The minimum atomic E-state index is -3.37. The summed E-state index contributed by atoms with van der Waals surface area (Å²) in [5.41, 5.74) is 3.51. The molecule has 35 heavy (non-hydrogen) atoms. The van der Waals surface area contributed by atoms with Crippen LogP contribution in [-0.4, -0.2) is 54.0 Å². The van der Waals surface area contributed by atoms with Crippen molar-refractivity contribution in [3.8, 4) is 16.9 Å². The number of hydrogen-bond donors (Lipinski definition) is 2. The number of amides is 1. The maximum atomic E-state index is 12.6. The molecule has 2 aromatic carbocycles. The summed E-state index contributed by atoms with van der Waals surface area (Å²) in [6.07, 6.45) is 0.930. The first-order valence-electron chi connectivity index (χ1n) is 10.3.